The largest absolute Gasteiger partial charge is 0.379 e. The normalized spacial score (nSPS) is 23.5. The molecule has 0 bridgehead atoms. The van der Waals surface area contributed by atoms with Gasteiger partial charge in [0, 0.05) is 55.9 Å². The van der Waals surface area contributed by atoms with E-state index < -0.39 is 0 Å². The SMILES string of the molecule is O=C(c1cccnc1)N1CCC(N[C@@H]2COC[C@H]2Cc2ccncc2)CC1. The summed E-state index contributed by atoms with van der Waals surface area (Å²) in [7, 11) is 0. The summed E-state index contributed by atoms with van der Waals surface area (Å²) in [6.07, 6.45) is 10.0. The van der Waals surface area contributed by atoms with Crippen molar-refractivity contribution < 1.29 is 9.53 Å². The average molecular weight is 366 g/mol. The molecule has 0 aromatic carbocycles. The topological polar surface area (TPSA) is 67.4 Å². The predicted molar refractivity (Wildman–Crippen MR) is 102 cm³/mol. The highest BCUT2D eigenvalue weighted by Crippen LogP contribution is 2.22. The highest BCUT2D eigenvalue weighted by molar-refractivity contribution is 5.93. The van der Waals surface area contributed by atoms with Crippen LogP contribution in [0.1, 0.15) is 28.8 Å². The number of pyridine rings is 2. The van der Waals surface area contributed by atoms with Crippen molar-refractivity contribution in [1.82, 2.24) is 20.2 Å². The molecule has 0 unspecified atom stereocenters. The Morgan fingerprint density at radius 2 is 1.93 bits per heavy atom. The number of carbonyl (C=O) groups is 1. The summed E-state index contributed by atoms with van der Waals surface area (Å²) in [5, 5.41) is 3.80. The number of ether oxygens (including phenoxy) is 1. The predicted octanol–water partition coefficient (Wildman–Crippen LogP) is 1.93. The monoisotopic (exact) mass is 366 g/mol. The molecule has 2 atom stereocenters. The zero-order chi connectivity index (χ0) is 18.5. The van der Waals surface area contributed by atoms with Crippen LogP contribution in [-0.2, 0) is 11.2 Å². The fourth-order valence-electron chi connectivity index (χ4n) is 4.03. The van der Waals surface area contributed by atoms with Crippen LogP contribution in [0.5, 0.6) is 0 Å². The molecule has 0 radical (unpaired) electrons. The second kappa shape index (κ2) is 8.59. The number of hydrogen-bond acceptors (Lipinski definition) is 5. The Morgan fingerprint density at radius 3 is 2.67 bits per heavy atom. The number of nitrogens with one attached hydrogen (secondary N) is 1. The summed E-state index contributed by atoms with van der Waals surface area (Å²) in [6, 6.07) is 8.62. The minimum Gasteiger partial charge on any atom is -0.379 e. The van der Waals surface area contributed by atoms with Crippen molar-refractivity contribution in [1.29, 1.82) is 0 Å². The molecule has 2 fully saturated rings. The van der Waals surface area contributed by atoms with Crippen LogP contribution in [0.2, 0.25) is 0 Å². The van der Waals surface area contributed by atoms with Gasteiger partial charge in [-0.25, -0.2) is 0 Å². The molecule has 142 valence electrons. The van der Waals surface area contributed by atoms with E-state index in [1.54, 1.807) is 12.4 Å². The molecule has 4 rings (SSSR count). The van der Waals surface area contributed by atoms with Gasteiger partial charge in [0.2, 0.25) is 0 Å². The third-order valence-electron chi connectivity index (χ3n) is 5.59. The first-order valence-corrected chi connectivity index (χ1v) is 9.71. The minimum atomic E-state index is 0.0845. The number of hydrogen-bond donors (Lipinski definition) is 1. The Kier molecular flexibility index (Phi) is 5.75. The minimum absolute atomic E-state index is 0.0845. The van der Waals surface area contributed by atoms with E-state index in [0.717, 1.165) is 45.6 Å². The number of aromatic nitrogens is 2. The van der Waals surface area contributed by atoms with Crippen LogP contribution in [0.15, 0.2) is 49.1 Å². The Bertz CT molecular complexity index is 732. The third-order valence-corrected chi connectivity index (χ3v) is 5.59. The second-order valence-electron chi connectivity index (χ2n) is 7.44. The summed E-state index contributed by atoms with van der Waals surface area (Å²) < 4.78 is 5.75. The van der Waals surface area contributed by atoms with Gasteiger partial charge in [0.05, 0.1) is 18.8 Å². The summed E-state index contributed by atoms with van der Waals surface area (Å²) in [6.45, 7) is 3.14. The van der Waals surface area contributed by atoms with Gasteiger partial charge in [0.25, 0.3) is 5.91 Å². The number of likely N-dealkylation sites (tertiary alicyclic amines) is 1. The molecule has 6 heteroatoms. The zero-order valence-electron chi connectivity index (χ0n) is 15.5. The lowest BCUT2D eigenvalue weighted by Crippen LogP contribution is -2.49. The van der Waals surface area contributed by atoms with Gasteiger partial charge in [-0.15, -0.1) is 0 Å². The number of nitrogens with zero attached hydrogens (tertiary/aromatic N) is 3. The average Bonchev–Trinajstić information content (AvgIpc) is 3.16. The standard InChI is InChI=1S/C21H26N4O2/c26-21(17-2-1-7-23-13-17)25-10-5-19(6-11-25)24-20-15-27-14-18(20)12-16-3-8-22-9-4-16/h1-4,7-9,13,18-20,24H,5-6,10-12,14-15H2/t18-,20-/m1/s1. The van der Waals surface area contributed by atoms with Crippen molar-refractivity contribution in [3.8, 4) is 0 Å². The van der Waals surface area contributed by atoms with E-state index in [1.165, 1.54) is 5.56 Å². The molecule has 6 nitrogen and oxygen atoms in total. The van der Waals surface area contributed by atoms with E-state index in [0.29, 0.717) is 23.6 Å². The molecule has 1 amide bonds. The Morgan fingerprint density at radius 1 is 1.11 bits per heavy atom. The Hall–Kier alpha value is -2.31. The maximum atomic E-state index is 12.5. The highest BCUT2D eigenvalue weighted by atomic mass is 16.5. The molecule has 2 aliphatic heterocycles. The summed E-state index contributed by atoms with van der Waals surface area (Å²) in [4.78, 5) is 22.6. The van der Waals surface area contributed by atoms with Gasteiger partial charge in [0.15, 0.2) is 0 Å². The lowest BCUT2D eigenvalue weighted by molar-refractivity contribution is 0.0698. The van der Waals surface area contributed by atoms with Gasteiger partial charge in [-0.3, -0.25) is 14.8 Å². The highest BCUT2D eigenvalue weighted by Gasteiger charge is 2.32. The molecule has 4 heterocycles. The first kappa shape index (κ1) is 18.1. The van der Waals surface area contributed by atoms with Gasteiger partial charge in [-0.2, -0.15) is 0 Å². The van der Waals surface area contributed by atoms with Crippen molar-refractivity contribution in [3.63, 3.8) is 0 Å². The van der Waals surface area contributed by atoms with Crippen molar-refractivity contribution in [2.45, 2.75) is 31.3 Å². The molecule has 1 N–H and O–H groups in total. The number of rotatable bonds is 5. The van der Waals surface area contributed by atoms with Crippen molar-refractivity contribution in [2.24, 2.45) is 5.92 Å². The molecule has 2 aliphatic rings. The lowest BCUT2D eigenvalue weighted by atomic mass is 9.93. The lowest BCUT2D eigenvalue weighted by Gasteiger charge is -2.34. The van der Waals surface area contributed by atoms with Crippen LogP contribution in [-0.4, -0.2) is 59.2 Å². The number of carbonyl (C=O) groups excluding carboxylic acids is 1. The van der Waals surface area contributed by atoms with Gasteiger partial charge in [-0.1, -0.05) is 0 Å². The third kappa shape index (κ3) is 4.51. The quantitative estimate of drug-likeness (QED) is 0.876. The van der Waals surface area contributed by atoms with Crippen LogP contribution in [0.3, 0.4) is 0 Å². The van der Waals surface area contributed by atoms with E-state index in [9.17, 15) is 4.79 Å². The molecule has 2 saturated heterocycles. The smallest absolute Gasteiger partial charge is 0.255 e. The van der Waals surface area contributed by atoms with Crippen LogP contribution in [0, 0.1) is 5.92 Å². The van der Waals surface area contributed by atoms with Gasteiger partial charge in [0.1, 0.15) is 0 Å². The van der Waals surface area contributed by atoms with E-state index in [1.807, 2.05) is 29.4 Å². The van der Waals surface area contributed by atoms with Crippen molar-refractivity contribution >= 4 is 5.91 Å². The van der Waals surface area contributed by atoms with Crippen LogP contribution >= 0.6 is 0 Å². The molecule has 2 aromatic rings. The van der Waals surface area contributed by atoms with Crippen LogP contribution in [0.25, 0.3) is 0 Å². The van der Waals surface area contributed by atoms with Crippen molar-refractivity contribution in [2.75, 3.05) is 26.3 Å². The first-order valence-electron chi connectivity index (χ1n) is 9.71. The maximum Gasteiger partial charge on any atom is 0.255 e. The van der Waals surface area contributed by atoms with Gasteiger partial charge < -0.3 is 15.0 Å². The van der Waals surface area contributed by atoms with Gasteiger partial charge >= 0.3 is 0 Å². The molecule has 0 saturated carbocycles. The number of piperidine rings is 1. The van der Waals surface area contributed by atoms with Gasteiger partial charge in [-0.05, 0) is 49.1 Å². The maximum absolute atomic E-state index is 12.5. The first-order chi connectivity index (χ1) is 13.3. The van der Waals surface area contributed by atoms with Crippen LogP contribution < -0.4 is 5.32 Å². The Balaban J connectivity index is 1.28. The fourth-order valence-corrected chi connectivity index (χ4v) is 4.03. The summed E-state index contributed by atoms with van der Waals surface area (Å²) in [5.41, 5.74) is 1.98. The van der Waals surface area contributed by atoms with E-state index >= 15 is 0 Å². The van der Waals surface area contributed by atoms with Crippen molar-refractivity contribution in [3.05, 3.63) is 60.2 Å². The summed E-state index contributed by atoms with van der Waals surface area (Å²) in [5.74, 6) is 0.573. The molecular formula is C21H26N4O2. The molecule has 2 aromatic heterocycles. The summed E-state index contributed by atoms with van der Waals surface area (Å²) >= 11 is 0. The molecular weight excluding hydrogens is 340 g/mol. The molecule has 0 spiro atoms. The zero-order valence-corrected chi connectivity index (χ0v) is 15.5. The number of amides is 1. The molecule has 27 heavy (non-hydrogen) atoms. The molecule has 0 aliphatic carbocycles. The Labute approximate surface area is 160 Å². The van der Waals surface area contributed by atoms with E-state index in [-0.39, 0.29) is 5.91 Å². The van der Waals surface area contributed by atoms with Crippen LogP contribution in [0.4, 0.5) is 0 Å². The van der Waals surface area contributed by atoms with E-state index in [2.05, 4.69) is 27.4 Å². The second-order valence-corrected chi connectivity index (χ2v) is 7.44. The fraction of sp³-hybridized carbons (Fsp3) is 0.476. The van der Waals surface area contributed by atoms with E-state index in [4.69, 9.17) is 4.74 Å².